The predicted molar refractivity (Wildman–Crippen MR) is 162 cm³/mol. The van der Waals surface area contributed by atoms with Gasteiger partial charge in [-0.3, -0.25) is 9.97 Å². The summed E-state index contributed by atoms with van der Waals surface area (Å²) in [6.07, 6.45) is 7.55. The Morgan fingerprint density at radius 1 is 0.410 bits per heavy atom. The fourth-order valence-corrected chi connectivity index (χ4v) is 6.15. The van der Waals surface area contributed by atoms with Crippen molar-refractivity contribution in [2.24, 2.45) is 0 Å². The van der Waals surface area contributed by atoms with Crippen molar-refractivity contribution in [1.82, 2.24) is 14.5 Å². The molecule has 8 rings (SSSR count). The zero-order chi connectivity index (χ0) is 25.8. The Kier molecular flexibility index (Phi) is 4.82. The summed E-state index contributed by atoms with van der Waals surface area (Å²) >= 11 is 0. The molecular formula is C36H23N3. The maximum atomic E-state index is 4.44. The number of hydrogen-bond donors (Lipinski definition) is 0. The third-order valence-corrected chi connectivity index (χ3v) is 7.75. The monoisotopic (exact) mass is 497 g/mol. The molecule has 3 nitrogen and oxygen atoms in total. The molecule has 0 atom stereocenters. The largest absolute Gasteiger partial charge is 0.308 e. The molecule has 0 saturated carbocycles. The minimum atomic E-state index is 1.06. The van der Waals surface area contributed by atoms with Crippen LogP contribution in [0.3, 0.4) is 0 Å². The minimum absolute atomic E-state index is 1.06. The highest BCUT2D eigenvalue weighted by Crippen LogP contribution is 2.44. The molecule has 3 aromatic heterocycles. The zero-order valence-corrected chi connectivity index (χ0v) is 21.1. The number of pyridine rings is 2. The predicted octanol–water partition coefficient (Wildman–Crippen LogP) is 9.21. The van der Waals surface area contributed by atoms with Gasteiger partial charge in [0.15, 0.2) is 0 Å². The van der Waals surface area contributed by atoms with E-state index >= 15 is 0 Å². The smallest absolute Gasteiger partial charge is 0.0645 e. The van der Waals surface area contributed by atoms with E-state index in [0.717, 1.165) is 11.3 Å². The van der Waals surface area contributed by atoms with Gasteiger partial charge in [0.25, 0.3) is 0 Å². The summed E-state index contributed by atoms with van der Waals surface area (Å²) in [4.78, 5) is 8.83. The second-order valence-electron chi connectivity index (χ2n) is 9.88. The topological polar surface area (TPSA) is 30.7 Å². The number of aromatic nitrogens is 3. The molecule has 0 aliphatic heterocycles. The van der Waals surface area contributed by atoms with Crippen LogP contribution in [0, 0.1) is 0 Å². The van der Waals surface area contributed by atoms with Crippen LogP contribution in [0.25, 0.3) is 71.3 Å². The molecule has 182 valence electrons. The van der Waals surface area contributed by atoms with E-state index in [1.54, 1.807) is 0 Å². The number of rotatable bonds is 3. The molecule has 0 N–H and O–H groups in total. The van der Waals surface area contributed by atoms with Crippen molar-refractivity contribution in [2.45, 2.75) is 0 Å². The van der Waals surface area contributed by atoms with Gasteiger partial charge in [-0.2, -0.15) is 0 Å². The van der Waals surface area contributed by atoms with Crippen LogP contribution in [0.5, 0.6) is 0 Å². The first-order valence-electron chi connectivity index (χ1n) is 13.2. The van der Waals surface area contributed by atoms with Crippen LogP contribution < -0.4 is 0 Å². The fourth-order valence-electron chi connectivity index (χ4n) is 6.15. The lowest BCUT2D eigenvalue weighted by Crippen LogP contribution is -1.94. The quantitative estimate of drug-likeness (QED) is 0.228. The maximum absolute atomic E-state index is 4.44. The standard InChI is InChI=1S/C36H23N3/c1-3-14-30-28(12-1)35(29-13-2-4-15-31(29)36(30)25-9-7-19-37-22-25)24-17-18-34-32(21-24)27-11-5-6-16-33(27)39(34)26-10-8-20-38-23-26/h1-23H. The minimum Gasteiger partial charge on any atom is -0.308 e. The van der Waals surface area contributed by atoms with E-state index in [1.807, 2.05) is 36.9 Å². The number of nitrogens with zero attached hydrogens (tertiary/aromatic N) is 3. The Hall–Kier alpha value is -5.28. The number of fused-ring (bicyclic) bond motifs is 5. The molecule has 39 heavy (non-hydrogen) atoms. The van der Waals surface area contributed by atoms with E-state index in [1.165, 1.54) is 60.0 Å². The Labute approximate surface area is 225 Å². The van der Waals surface area contributed by atoms with Crippen LogP contribution in [0.2, 0.25) is 0 Å². The van der Waals surface area contributed by atoms with Gasteiger partial charge in [0.05, 0.1) is 22.9 Å². The summed E-state index contributed by atoms with van der Waals surface area (Å²) in [5.41, 5.74) is 8.25. The van der Waals surface area contributed by atoms with Gasteiger partial charge in [0, 0.05) is 34.9 Å². The third kappa shape index (κ3) is 3.30. The van der Waals surface area contributed by atoms with Gasteiger partial charge in [-0.1, -0.05) is 78.9 Å². The second kappa shape index (κ2) is 8.64. The van der Waals surface area contributed by atoms with Crippen LogP contribution in [0.4, 0.5) is 0 Å². The van der Waals surface area contributed by atoms with Gasteiger partial charge >= 0.3 is 0 Å². The molecule has 5 aromatic carbocycles. The Morgan fingerprint density at radius 2 is 0.974 bits per heavy atom. The molecule has 0 bridgehead atoms. The Balaban J connectivity index is 1.48. The van der Waals surface area contributed by atoms with Crippen molar-refractivity contribution in [1.29, 1.82) is 0 Å². The van der Waals surface area contributed by atoms with Crippen molar-refractivity contribution < 1.29 is 0 Å². The highest BCUT2D eigenvalue weighted by atomic mass is 15.0. The average molecular weight is 498 g/mol. The zero-order valence-electron chi connectivity index (χ0n) is 21.1. The van der Waals surface area contributed by atoms with E-state index in [9.17, 15) is 0 Å². The first kappa shape index (κ1) is 21.8. The van der Waals surface area contributed by atoms with Crippen LogP contribution in [-0.2, 0) is 0 Å². The molecule has 0 spiro atoms. The van der Waals surface area contributed by atoms with Gasteiger partial charge < -0.3 is 4.57 Å². The highest BCUT2D eigenvalue weighted by molar-refractivity contribution is 6.22. The van der Waals surface area contributed by atoms with E-state index < -0.39 is 0 Å². The normalized spacial score (nSPS) is 11.6. The SMILES string of the molecule is c1cncc(-c2c3ccccc3c(-c3ccc4c(c3)c3ccccc3n4-c3cccnc3)c3ccccc23)c1. The third-order valence-electron chi connectivity index (χ3n) is 7.75. The van der Waals surface area contributed by atoms with Crippen molar-refractivity contribution in [3.05, 3.63) is 140 Å². The molecule has 0 unspecified atom stereocenters. The van der Waals surface area contributed by atoms with E-state index in [4.69, 9.17) is 0 Å². The van der Waals surface area contributed by atoms with Gasteiger partial charge in [-0.05, 0) is 74.6 Å². The summed E-state index contributed by atoms with van der Waals surface area (Å²) in [6, 6.07) is 41.3. The molecular weight excluding hydrogens is 474 g/mol. The van der Waals surface area contributed by atoms with Crippen LogP contribution in [0.15, 0.2) is 140 Å². The molecule has 0 saturated heterocycles. The second-order valence-corrected chi connectivity index (χ2v) is 9.88. The Morgan fingerprint density at radius 3 is 1.59 bits per heavy atom. The van der Waals surface area contributed by atoms with Crippen molar-refractivity contribution >= 4 is 43.4 Å². The lowest BCUT2D eigenvalue weighted by atomic mass is 9.86. The summed E-state index contributed by atoms with van der Waals surface area (Å²) in [6.45, 7) is 0. The average Bonchev–Trinajstić information content (AvgIpc) is 3.34. The summed E-state index contributed by atoms with van der Waals surface area (Å²) in [7, 11) is 0. The number of hydrogen-bond acceptors (Lipinski definition) is 2. The van der Waals surface area contributed by atoms with E-state index in [-0.39, 0.29) is 0 Å². The van der Waals surface area contributed by atoms with Gasteiger partial charge in [0.2, 0.25) is 0 Å². The molecule has 3 heteroatoms. The summed E-state index contributed by atoms with van der Waals surface area (Å²) < 4.78 is 2.31. The molecule has 0 aliphatic carbocycles. The lowest BCUT2D eigenvalue weighted by molar-refractivity contribution is 1.14. The summed E-state index contributed by atoms with van der Waals surface area (Å²) in [5, 5.41) is 7.42. The first-order valence-corrected chi connectivity index (χ1v) is 13.2. The first-order chi connectivity index (χ1) is 19.4. The van der Waals surface area contributed by atoms with Gasteiger partial charge in [-0.25, -0.2) is 0 Å². The Bertz CT molecular complexity index is 2100. The number of benzene rings is 5. The maximum Gasteiger partial charge on any atom is 0.0645 e. The van der Waals surface area contributed by atoms with Gasteiger partial charge in [-0.15, -0.1) is 0 Å². The van der Waals surface area contributed by atoms with Gasteiger partial charge in [0.1, 0.15) is 0 Å². The van der Waals surface area contributed by atoms with Crippen LogP contribution in [-0.4, -0.2) is 14.5 Å². The molecule has 0 fully saturated rings. The molecule has 0 radical (unpaired) electrons. The number of para-hydroxylation sites is 1. The summed E-state index contributed by atoms with van der Waals surface area (Å²) in [5.74, 6) is 0. The van der Waals surface area contributed by atoms with Crippen molar-refractivity contribution in [3.63, 3.8) is 0 Å². The molecule has 8 aromatic rings. The highest BCUT2D eigenvalue weighted by Gasteiger charge is 2.18. The van der Waals surface area contributed by atoms with E-state index in [0.29, 0.717) is 0 Å². The van der Waals surface area contributed by atoms with Crippen LogP contribution >= 0.6 is 0 Å². The molecule has 0 aliphatic rings. The van der Waals surface area contributed by atoms with E-state index in [2.05, 4.69) is 118 Å². The van der Waals surface area contributed by atoms with Crippen molar-refractivity contribution in [2.75, 3.05) is 0 Å². The van der Waals surface area contributed by atoms with Crippen molar-refractivity contribution in [3.8, 4) is 27.9 Å². The molecule has 0 amide bonds. The fraction of sp³-hybridized carbons (Fsp3) is 0. The molecule has 3 heterocycles. The van der Waals surface area contributed by atoms with Crippen LogP contribution in [0.1, 0.15) is 0 Å². The lowest BCUT2D eigenvalue weighted by Gasteiger charge is -2.17.